The van der Waals surface area contributed by atoms with Crippen LogP contribution in [0.4, 0.5) is 0 Å². The van der Waals surface area contributed by atoms with Gasteiger partial charge in [0.2, 0.25) is 0 Å². The number of hydrogen-bond donors (Lipinski definition) is 1. The maximum atomic E-state index is 8.77. The molecule has 0 aromatic rings. The maximum absolute atomic E-state index is 8.77. The highest BCUT2D eigenvalue weighted by atomic mass is 16.3. The molecule has 1 atom stereocenters. The SMILES string of the molecule is CN(CCCO)C1CCN(C2CC2)C1. The molecule has 1 N–H and O–H groups in total. The lowest BCUT2D eigenvalue weighted by Gasteiger charge is -2.24. The Kier molecular flexibility index (Phi) is 3.42. The number of rotatable bonds is 5. The normalized spacial score (nSPS) is 28.9. The molecule has 1 aliphatic carbocycles. The molecule has 1 saturated carbocycles. The summed E-state index contributed by atoms with van der Waals surface area (Å²) in [4.78, 5) is 5.05. The van der Waals surface area contributed by atoms with Gasteiger partial charge in [0.1, 0.15) is 0 Å². The summed E-state index contributed by atoms with van der Waals surface area (Å²) in [5.74, 6) is 0. The average molecular weight is 198 g/mol. The molecule has 3 nitrogen and oxygen atoms in total. The van der Waals surface area contributed by atoms with Gasteiger partial charge in [-0.05, 0) is 32.7 Å². The van der Waals surface area contributed by atoms with Crippen LogP contribution >= 0.6 is 0 Å². The van der Waals surface area contributed by atoms with E-state index in [-0.39, 0.29) is 0 Å². The summed E-state index contributed by atoms with van der Waals surface area (Å²) in [6.07, 6.45) is 5.08. The molecule has 1 heterocycles. The van der Waals surface area contributed by atoms with E-state index in [0.717, 1.165) is 25.0 Å². The third-order valence-electron chi connectivity index (χ3n) is 3.55. The van der Waals surface area contributed by atoms with Gasteiger partial charge in [0.05, 0.1) is 0 Å². The zero-order valence-electron chi connectivity index (χ0n) is 9.15. The third-order valence-corrected chi connectivity index (χ3v) is 3.55. The van der Waals surface area contributed by atoms with Gasteiger partial charge < -0.3 is 10.0 Å². The number of aliphatic hydroxyl groups excluding tert-OH is 1. The number of aliphatic hydroxyl groups is 1. The van der Waals surface area contributed by atoms with Crippen molar-refractivity contribution in [2.45, 2.75) is 37.8 Å². The minimum Gasteiger partial charge on any atom is -0.396 e. The zero-order valence-corrected chi connectivity index (χ0v) is 9.15. The van der Waals surface area contributed by atoms with Crippen molar-refractivity contribution in [1.82, 2.24) is 9.80 Å². The Labute approximate surface area is 86.7 Å². The van der Waals surface area contributed by atoms with Gasteiger partial charge >= 0.3 is 0 Å². The molecular weight excluding hydrogens is 176 g/mol. The van der Waals surface area contributed by atoms with Crippen LogP contribution in [0, 0.1) is 0 Å². The quantitative estimate of drug-likeness (QED) is 0.698. The summed E-state index contributed by atoms with van der Waals surface area (Å²) >= 11 is 0. The fraction of sp³-hybridized carbons (Fsp3) is 1.00. The third kappa shape index (κ3) is 2.47. The summed E-state index contributed by atoms with van der Waals surface area (Å²) < 4.78 is 0. The Morgan fingerprint density at radius 3 is 2.79 bits per heavy atom. The van der Waals surface area contributed by atoms with Gasteiger partial charge in [0.25, 0.3) is 0 Å². The van der Waals surface area contributed by atoms with Crippen LogP contribution in [-0.4, -0.2) is 60.3 Å². The lowest BCUT2D eigenvalue weighted by Crippen LogP contribution is -2.35. The van der Waals surface area contributed by atoms with E-state index >= 15 is 0 Å². The number of hydrogen-bond acceptors (Lipinski definition) is 3. The van der Waals surface area contributed by atoms with Crippen molar-refractivity contribution in [3.63, 3.8) is 0 Å². The average Bonchev–Trinajstić information content (AvgIpc) is 2.93. The lowest BCUT2D eigenvalue weighted by atomic mass is 10.2. The van der Waals surface area contributed by atoms with E-state index in [2.05, 4.69) is 16.8 Å². The minimum atomic E-state index is 0.323. The fourth-order valence-corrected chi connectivity index (χ4v) is 2.40. The molecule has 0 amide bonds. The predicted octanol–water partition coefficient (Wildman–Crippen LogP) is 0.537. The largest absolute Gasteiger partial charge is 0.396 e. The van der Waals surface area contributed by atoms with Crippen molar-refractivity contribution in [2.24, 2.45) is 0 Å². The van der Waals surface area contributed by atoms with Crippen LogP contribution in [0.3, 0.4) is 0 Å². The molecule has 0 aromatic heterocycles. The van der Waals surface area contributed by atoms with E-state index in [4.69, 9.17) is 5.11 Å². The summed E-state index contributed by atoms with van der Waals surface area (Å²) in [5.41, 5.74) is 0. The molecule has 2 fully saturated rings. The predicted molar refractivity (Wildman–Crippen MR) is 57.3 cm³/mol. The smallest absolute Gasteiger partial charge is 0.0443 e. The summed E-state index contributed by atoms with van der Waals surface area (Å²) in [7, 11) is 2.19. The molecule has 82 valence electrons. The van der Waals surface area contributed by atoms with Crippen molar-refractivity contribution < 1.29 is 5.11 Å². The molecular formula is C11H22N2O. The van der Waals surface area contributed by atoms with Crippen LogP contribution in [0.25, 0.3) is 0 Å². The first-order valence-electron chi connectivity index (χ1n) is 5.86. The monoisotopic (exact) mass is 198 g/mol. The number of likely N-dealkylation sites (tertiary alicyclic amines) is 1. The minimum absolute atomic E-state index is 0.323. The van der Waals surface area contributed by atoms with Gasteiger partial charge in [-0.3, -0.25) is 4.90 Å². The summed E-state index contributed by atoms with van der Waals surface area (Å²) in [6.45, 7) is 3.91. The topological polar surface area (TPSA) is 26.7 Å². The lowest BCUT2D eigenvalue weighted by molar-refractivity contribution is 0.201. The molecule has 0 aromatic carbocycles. The Morgan fingerprint density at radius 1 is 1.36 bits per heavy atom. The number of likely N-dealkylation sites (N-methyl/N-ethyl adjacent to an activating group) is 1. The first-order chi connectivity index (χ1) is 6.81. The molecule has 3 heteroatoms. The molecule has 0 radical (unpaired) electrons. The van der Waals surface area contributed by atoms with E-state index in [1.165, 1.54) is 32.4 Å². The molecule has 1 aliphatic heterocycles. The van der Waals surface area contributed by atoms with Crippen molar-refractivity contribution in [2.75, 3.05) is 33.3 Å². The maximum Gasteiger partial charge on any atom is 0.0443 e. The van der Waals surface area contributed by atoms with Crippen molar-refractivity contribution in [3.05, 3.63) is 0 Å². The highest BCUT2D eigenvalue weighted by Crippen LogP contribution is 2.30. The van der Waals surface area contributed by atoms with Gasteiger partial charge in [-0.2, -0.15) is 0 Å². The first-order valence-corrected chi connectivity index (χ1v) is 5.86. The molecule has 2 aliphatic rings. The highest BCUT2D eigenvalue weighted by Gasteiger charge is 2.35. The molecule has 14 heavy (non-hydrogen) atoms. The van der Waals surface area contributed by atoms with Gasteiger partial charge in [0, 0.05) is 38.3 Å². The second-order valence-corrected chi connectivity index (χ2v) is 4.73. The van der Waals surface area contributed by atoms with Crippen LogP contribution in [0.2, 0.25) is 0 Å². The van der Waals surface area contributed by atoms with Crippen molar-refractivity contribution in [1.29, 1.82) is 0 Å². The van der Waals surface area contributed by atoms with Gasteiger partial charge in [-0.25, -0.2) is 0 Å². The Bertz CT molecular complexity index is 182. The Hall–Kier alpha value is -0.120. The molecule has 1 saturated heterocycles. The van der Waals surface area contributed by atoms with Crippen LogP contribution in [0.15, 0.2) is 0 Å². The Balaban J connectivity index is 1.70. The van der Waals surface area contributed by atoms with Crippen LogP contribution in [0.5, 0.6) is 0 Å². The van der Waals surface area contributed by atoms with Crippen molar-refractivity contribution in [3.8, 4) is 0 Å². The Morgan fingerprint density at radius 2 is 2.14 bits per heavy atom. The summed E-state index contributed by atoms with van der Waals surface area (Å²) in [5, 5.41) is 8.77. The molecule has 0 bridgehead atoms. The first kappa shape index (κ1) is 10.4. The standard InChI is InChI=1S/C11H22N2O/c1-12(6-2-8-14)11-5-7-13(9-11)10-3-4-10/h10-11,14H,2-9H2,1H3. The highest BCUT2D eigenvalue weighted by molar-refractivity contribution is 4.92. The van der Waals surface area contributed by atoms with Gasteiger partial charge in [-0.15, -0.1) is 0 Å². The van der Waals surface area contributed by atoms with Crippen molar-refractivity contribution >= 4 is 0 Å². The second kappa shape index (κ2) is 4.60. The molecule has 0 spiro atoms. The van der Waals surface area contributed by atoms with E-state index in [1.807, 2.05) is 0 Å². The molecule has 1 unspecified atom stereocenters. The van der Waals surface area contributed by atoms with Crippen LogP contribution < -0.4 is 0 Å². The van der Waals surface area contributed by atoms with Crippen LogP contribution in [0.1, 0.15) is 25.7 Å². The molecule has 2 rings (SSSR count). The van der Waals surface area contributed by atoms with E-state index in [0.29, 0.717) is 6.61 Å². The van der Waals surface area contributed by atoms with E-state index in [1.54, 1.807) is 0 Å². The van der Waals surface area contributed by atoms with Crippen LogP contribution in [-0.2, 0) is 0 Å². The van der Waals surface area contributed by atoms with E-state index < -0.39 is 0 Å². The fourth-order valence-electron chi connectivity index (χ4n) is 2.40. The summed E-state index contributed by atoms with van der Waals surface area (Å²) in [6, 6.07) is 1.66. The van der Waals surface area contributed by atoms with Gasteiger partial charge in [0.15, 0.2) is 0 Å². The van der Waals surface area contributed by atoms with Gasteiger partial charge in [-0.1, -0.05) is 0 Å². The van der Waals surface area contributed by atoms with E-state index in [9.17, 15) is 0 Å². The number of nitrogens with zero attached hydrogens (tertiary/aromatic N) is 2. The zero-order chi connectivity index (χ0) is 9.97. The second-order valence-electron chi connectivity index (χ2n) is 4.73.